The maximum atomic E-state index is 12.0. The summed E-state index contributed by atoms with van der Waals surface area (Å²) in [4.78, 5) is 23.2. The molecule has 5 nitrogen and oxygen atoms in total. The molecule has 5 heteroatoms. The van der Waals surface area contributed by atoms with Gasteiger partial charge >= 0.3 is 11.9 Å². The van der Waals surface area contributed by atoms with Gasteiger partial charge in [-0.1, -0.05) is 12.8 Å². The molecular formula is C12H21NO4. The van der Waals surface area contributed by atoms with E-state index in [9.17, 15) is 9.59 Å². The van der Waals surface area contributed by atoms with Crippen molar-refractivity contribution in [2.45, 2.75) is 57.6 Å². The van der Waals surface area contributed by atoms with Crippen molar-refractivity contribution in [3.8, 4) is 0 Å². The van der Waals surface area contributed by atoms with Gasteiger partial charge in [0.15, 0.2) is 0 Å². The minimum absolute atomic E-state index is 0.374. The van der Waals surface area contributed by atoms with E-state index in [-0.39, 0.29) is 0 Å². The SMILES string of the molecule is CC(C)(C)OC(=O)[C@]1(N)CCCC[C@@H]1C(=O)O. The Morgan fingerprint density at radius 1 is 1.35 bits per heavy atom. The summed E-state index contributed by atoms with van der Waals surface area (Å²) in [6, 6.07) is 0. The number of carbonyl (C=O) groups excluding carboxylic acids is 1. The van der Waals surface area contributed by atoms with Crippen molar-refractivity contribution in [1.29, 1.82) is 0 Å². The topological polar surface area (TPSA) is 89.6 Å². The average Bonchev–Trinajstić information content (AvgIpc) is 2.15. The number of carboxylic acid groups (broad SMARTS) is 1. The molecule has 2 atom stereocenters. The number of hydrogen-bond acceptors (Lipinski definition) is 4. The molecule has 0 aliphatic heterocycles. The Labute approximate surface area is 101 Å². The van der Waals surface area contributed by atoms with Gasteiger partial charge in [0.05, 0.1) is 5.92 Å². The van der Waals surface area contributed by atoms with Crippen LogP contribution in [-0.4, -0.2) is 28.2 Å². The Kier molecular flexibility index (Phi) is 3.81. The van der Waals surface area contributed by atoms with Crippen LogP contribution in [0.5, 0.6) is 0 Å². The molecule has 0 spiro atoms. The number of carbonyl (C=O) groups is 2. The first-order valence-corrected chi connectivity index (χ1v) is 5.92. The maximum absolute atomic E-state index is 12.0. The van der Waals surface area contributed by atoms with Crippen LogP contribution in [0.1, 0.15) is 46.5 Å². The van der Waals surface area contributed by atoms with E-state index in [0.29, 0.717) is 12.8 Å². The molecular weight excluding hydrogens is 222 g/mol. The maximum Gasteiger partial charge on any atom is 0.327 e. The molecule has 1 rings (SSSR count). The number of carboxylic acids is 1. The Morgan fingerprint density at radius 2 is 1.94 bits per heavy atom. The Hall–Kier alpha value is -1.10. The van der Waals surface area contributed by atoms with Gasteiger partial charge < -0.3 is 15.6 Å². The highest BCUT2D eigenvalue weighted by atomic mass is 16.6. The van der Waals surface area contributed by atoms with Gasteiger partial charge in [0.2, 0.25) is 0 Å². The third-order valence-electron chi connectivity index (χ3n) is 3.03. The van der Waals surface area contributed by atoms with Gasteiger partial charge in [-0.25, -0.2) is 0 Å². The second-order valence-electron chi connectivity index (χ2n) is 5.68. The van der Waals surface area contributed by atoms with Gasteiger partial charge in [0.25, 0.3) is 0 Å². The van der Waals surface area contributed by atoms with Gasteiger partial charge in [-0.3, -0.25) is 9.59 Å². The smallest absolute Gasteiger partial charge is 0.327 e. The molecule has 0 radical (unpaired) electrons. The van der Waals surface area contributed by atoms with Gasteiger partial charge in [0, 0.05) is 0 Å². The van der Waals surface area contributed by atoms with E-state index in [2.05, 4.69) is 0 Å². The van der Waals surface area contributed by atoms with Crippen LogP contribution in [0.4, 0.5) is 0 Å². The Morgan fingerprint density at radius 3 is 2.41 bits per heavy atom. The summed E-state index contributed by atoms with van der Waals surface area (Å²) in [5.41, 5.74) is 3.97. The van der Waals surface area contributed by atoms with Crippen LogP contribution in [-0.2, 0) is 14.3 Å². The van der Waals surface area contributed by atoms with E-state index in [1.165, 1.54) is 0 Å². The number of aliphatic carboxylic acids is 1. The minimum Gasteiger partial charge on any atom is -0.481 e. The molecule has 1 aliphatic rings. The quantitative estimate of drug-likeness (QED) is 0.713. The summed E-state index contributed by atoms with van der Waals surface area (Å²) < 4.78 is 5.23. The first-order valence-electron chi connectivity index (χ1n) is 5.92. The highest BCUT2D eigenvalue weighted by Crippen LogP contribution is 2.34. The van der Waals surface area contributed by atoms with Gasteiger partial charge in [-0.05, 0) is 33.6 Å². The van der Waals surface area contributed by atoms with E-state index in [0.717, 1.165) is 12.8 Å². The lowest BCUT2D eigenvalue weighted by atomic mass is 9.73. The second kappa shape index (κ2) is 4.64. The van der Waals surface area contributed by atoms with Crippen molar-refractivity contribution in [3.05, 3.63) is 0 Å². The fourth-order valence-electron chi connectivity index (χ4n) is 2.16. The fourth-order valence-corrected chi connectivity index (χ4v) is 2.16. The van der Waals surface area contributed by atoms with Crippen LogP contribution < -0.4 is 5.73 Å². The monoisotopic (exact) mass is 243 g/mol. The number of ether oxygens (including phenoxy) is 1. The zero-order valence-electron chi connectivity index (χ0n) is 10.7. The zero-order valence-corrected chi connectivity index (χ0v) is 10.7. The molecule has 0 heterocycles. The molecule has 0 unspecified atom stereocenters. The Bertz CT molecular complexity index is 321. The van der Waals surface area contributed by atoms with Crippen molar-refractivity contribution < 1.29 is 19.4 Å². The zero-order chi connectivity index (χ0) is 13.3. The van der Waals surface area contributed by atoms with Gasteiger partial charge in [0.1, 0.15) is 11.1 Å². The molecule has 0 amide bonds. The van der Waals surface area contributed by atoms with E-state index in [1.54, 1.807) is 20.8 Å². The standard InChI is InChI=1S/C12H21NO4/c1-11(2,3)17-10(16)12(13)7-5-4-6-8(12)9(14)15/h8H,4-7,13H2,1-3H3,(H,14,15)/t8-,12+/m1/s1. The third-order valence-corrected chi connectivity index (χ3v) is 3.03. The lowest BCUT2D eigenvalue weighted by Gasteiger charge is -2.38. The summed E-state index contributed by atoms with van der Waals surface area (Å²) in [6.45, 7) is 5.23. The van der Waals surface area contributed by atoms with Crippen LogP contribution in [0.25, 0.3) is 0 Å². The number of nitrogens with two attached hydrogens (primary N) is 1. The van der Waals surface area contributed by atoms with Gasteiger partial charge in [-0.15, -0.1) is 0 Å². The summed E-state index contributed by atoms with van der Waals surface area (Å²) in [7, 11) is 0. The van der Waals surface area contributed by atoms with Crippen molar-refractivity contribution in [2.24, 2.45) is 11.7 Å². The molecule has 0 aromatic rings. The van der Waals surface area contributed by atoms with Crippen LogP contribution in [0, 0.1) is 5.92 Å². The van der Waals surface area contributed by atoms with Crippen molar-refractivity contribution in [3.63, 3.8) is 0 Å². The second-order valence-corrected chi connectivity index (χ2v) is 5.68. The fraction of sp³-hybridized carbons (Fsp3) is 0.833. The predicted octanol–water partition coefficient (Wildman–Crippen LogP) is 1.30. The molecule has 1 fully saturated rings. The molecule has 1 aliphatic carbocycles. The number of rotatable bonds is 2. The average molecular weight is 243 g/mol. The summed E-state index contributed by atoms with van der Waals surface area (Å²) in [6.07, 6.45) is 2.36. The summed E-state index contributed by atoms with van der Waals surface area (Å²) in [5, 5.41) is 9.13. The lowest BCUT2D eigenvalue weighted by Crippen LogP contribution is -2.59. The highest BCUT2D eigenvalue weighted by molar-refractivity contribution is 5.88. The first-order chi connectivity index (χ1) is 7.67. The largest absolute Gasteiger partial charge is 0.481 e. The number of esters is 1. The van der Waals surface area contributed by atoms with Crippen LogP contribution in [0.15, 0.2) is 0 Å². The number of hydrogen-bond donors (Lipinski definition) is 2. The minimum atomic E-state index is -1.38. The van der Waals surface area contributed by atoms with E-state index < -0.39 is 29.0 Å². The molecule has 1 saturated carbocycles. The lowest BCUT2D eigenvalue weighted by molar-refractivity contribution is -0.170. The van der Waals surface area contributed by atoms with Crippen LogP contribution in [0.3, 0.4) is 0 Å². The highest BCUT2D eigenvalue weighted by Gasteiger charge is 2.49. The van der Waals surface area contributed by atoms with E-state index >= 15 is 0 Å². The molecule has 3 N–H and O–H groups in total. The van der Waals surface area contributed by atoms with E-state index in [1.807, 2.05) is 0 Å². The molecule has 0 aromatic carbocycles. The summed E-state index contributed by atoms with van der Waals surface area (Å²) >= 11 is 0. The predicted molar refractivity (Wildman–Crippen MR) is 62.4 cm³/mol. The van der Waals surface area contributed by atoms with Gasteiger partial charge in [-0.2, -0.15) is 0 Å². The van der Waals surface area contributed by atoms with Crippen LogP contribution in [0.2, 0.25) is 0 Å². The Balaban J connectivity index is 2.89. The summed E-state index contributed by atoms with van der Waals surface area (Å²) in [5.74, 6) is -2.46. The van der Waals surface area contributed by atoms with Crippen molar-refractivity contribution in [1.82, 2.24) is 0 Å². The molecule has 0 saturated heterocycles. The van der Waals surface area contributed by atoms with E-state index in [4.69, 9.17) is 15.6 Å². The third kappa shape index (κ3) is 3.19. The first kappa shape index (κ1) is 14.0. The van der Waals surface area contributed by atoms with Crippen molar-refractivity contribution in [2.75, 3.05) is 0 Å². The normalized spacial score (nSPS) is 29.8. The van der Waals surface area contributed by atoms with Crippen LogP contribution >= 0.6 is 0 Å². The molecule has 0 bridgehead atoms. The molecule has 0 aromatic heterocycles. The van der Waals surface area contributed by atoms with Crippen molar-refractivity contribution >= 4 is 11.9 Å². The molecule has 98 valence electrons. The molecule has 17 heavy (non-hydrogen) atoms.